The van der Waals surface area contributed by atoms with Gasteiger partial charge in [0.2, 0.25) is 5.91 Å². The summed E-state index contributed by atoms with van der Waals surface area (Å²) in [6, 6.07) is 6.48. The Kier molecular flexibility index (Phi) is 6.00. The second-order valence-corrected chi connectivity index (χ2v) is 5.72. The first-order valence-corrected chi connectivity index (χ1v) is 6.92. The molecule has 0 aliphatic heterocycles. The smallest absolute Gasteiger partial charge is 0.220 e. The summed E-state index contributed by atoms with van der Waals surface area (Å²) in [4.78, 5) is 11.8. The molecule has 0 radical (unpaired) electrons. The van der Waals surface area contributed by atoms with Crippen LogP contribution in [0, 0.1) is 17.7 Å². The van der Waals surface area contributed by atoms with Gasteiger partial charge in [0.15, 0.2) is 0 Å². The average molecular weight is 265 g/mol. The van der Waals surface area contributed by atoms with Gasteiger partial charge >= 0.3 is 0 Å². The van der Waals surface area contributed by atoms with Gasteiger partial charge in [0, 0.05) is 12.5 Å². The minimum Gasteiger partial charge on any atom is -0.353 e. The molecule has 0 aliphatic rings. The Hall–Kier alpha value is -1.38. The lowest BCUT2D eigenvalue weighted by molar-refractivity contribution is -0.122. The molecule has 0 fully saturated rings. The van der Waals surface area contributed by atoms with Crippen LogP contribution in [0.1, 0.15) is 39.7 Å². The van der Waals surface area contributed by atoms with Crippen LogP contribution in [0.4, 0.5) is 4.39 Å². The molecule has 0 aliphatic carbocycles. The fourth-order valence-corrected chi connectivity index (χ4v) is 1.89. The number of nitrogens with one attached hydrogen (secondary N) is 1. The Morgan fingerprint density at radius 1 is 1.16 bits per heavy atom. The lowest BCUT2D eigenvalue weighted by Gasteiger charge is -2.18. The molecular formula is C16H24FNO. The first-order chi connectivity index (χ1) is 8.88. The number of amides is 1. The van der Waals surface area contributed by atoms with Crippen LogP contribution >= 0.6 is 0 Å². The molecule has 1 amide bonds. The fraction of sp³-hybridized carbons (Fsp3) is 0.562. The summed E-state index contributed by atoms with van der Waals surface area (Å²) >= 11 is 0. The van der Waals surface area contributed by atoms with Crippen molar-refractivity contribution >= 4 is 5.91 Å². The monoisotopic (exact) mass is 265 g/mol. The molecule has 1 N–H and O–H groups in total. The van der Waals surface area contributed by atoms with Crippen LogP contribution in [0.3, 0.4) is 0 Å². The summed E-state index contributed by atoms with van der Waals surface area (Å²) < 4.78 is 12.8. The van der Waals surface area contributed by atoms with Crippen LogP contribution < -0.4 is 5.32 Å². The van der Waals surface area contributed by atoms with Gasteiger partial charge in [-0.3, -0.25) is 4.79 Å². The molecule has 0 saturated carbocycles. The van der Waals surface area contributed by atoms with Crippen LogP contribution in [-0.2, 0) is 11.2 Å². The largest absolute Gasteiger partial charge is 0.353 e. The molecular weight excluding hydrogens is 241 g/mol. The third-order valence-electron chi connectivity index (χ3n) is 3.51. The Morgan fingerprint density at radius 2 is 1.74 bits per heavy atom. The molecule has 1 aromatic carbocycles. The van der Waals surface area contributed by atoms with Crippen molar-refractivity contribution in [2.75, 3.05) is 0 Å². The Bertz CT molecular complexity index is 400. The molecule has 0 heterocycles. The summed E-state index contributed by atoms with van der Waals surface area (Å²) in [5.74, 6) is 0.762. The summed E-state index contributed by atoms with van der Waals surface area (Å²) in [6.07, 6.45) is 1.29. The van der Waals surface area contributed by atoms with Crippen LogP contribution in [0.15, 0.2) is 24.3 Å². The quantitative estimate of drug-likeness (QED) is 0.837. The van der Waals surface area contributed by atoms with E-state index in [4.69, 9.17) is 0 Å². The highest BCUT2D eigenvalue weighted by Crippen LogP contribution is 2.14. The molecule has 19 heavy (non-hydrogen) atoms. The van der Waals surface area contributed by atoms with E-state index < -0.39 is 0 Å². The van der Waals surface area contributed by atoms with Crippen LogP contribution in [0.2, 0.25) is 0 Å². The Labute approximate surface area is 115 Å². The van der Waals surface area contributed by atoms with Crippen LogP contribution in [0.5, 0.6) is 0 Å². The number of hydrogen-bond donors (Lipinski definition) is 1. The Balaban J connectivity index is 2.40. The summed E-state index contributed by atoms with van der Waals surface area (Å²) in [7, 11) is 0. The topological polar surface area (TPSA) is 29.1 Å². The number of hydrogen-bond acceptors (Lipinski definition) is 1. The van der Waals surface area contributed by atoms with Gasteiger partial charge in [-0.15, -0.1) is 0 Å². The molecule has 3 heteroatoms. The van der Waals surface area contributed by atoms with Crippen LogP contribution in [-0.4, -0.2) is 11.9 Å². The van der Waals surface area contributed by atoms with E-state index in [1.54, 1.807) is 12.1 Å². The van der Waals surface area contributed by atoms with Crippen molar-refractivity contribution in [3.8, 4) is 0 Å². The first kappa shape index (κ1) is 15.7. The standard InChI is InChI=1S/C16H24FNO/c1-11(2)12(3)9-16(19)18-13(4)10-14-5-7-15(17)8-6-14/h5-8,11-13H,9-10H2,1-4H3,(H,18,19)/t12-,13+/m1/s1. The van der Waals surface area contributed by atoms with Crippen LogP contribution in [0.25, 0.3) is 0 Å². The van der Waals surface area contributed by atoms with Gasteiger partial charge in [-0.1, -0.05) is 32.9 Å². The predicted octanol–water partition coefficient (Wildman–Crippen LogP) is 3.56. The lowest BCUT2D eigenvalue weighted by Crippen LogP contribution is -2.35. The predicted molar refractivity (Wildman–Crippen MR) is 76.3 cm³/mol. The SMILES string of the molecule is CC(C)[C@H](C)CC(=O)N[C@@H](C)Cc1ccc(F)cc1. The van der Waals surface area contributed by atoms with Crippen molar-refractivity contribution in [2.24, 2.45) is 11.8 Å². The molecule has 1 aromatic rings. The Morgan fingerprint density at radius 3 is 2.26 bits per heavy atom. The number of benzene rings is 1. The normalized spacial score (nSPS) is 14.2. The molecule has 2 nitrogen and oxygen atoms in total. The second kappa shape index (κ2) is 7.27. The molecule has 0 saturated heterocycles. The molecule has 0 aromatic heterocycles. The number of carbonyl (C=O) groups excluding carboxylic acids is 1. The van der Waals surface area contributed by atoms with E-state index in [-0.39, 0.29) is 17.8 Å². The van der Waals surface area contributed by atoms with Gasteiger partial charge < -0.3 is 5.32 Å². The minimum atomic E-state index is -0.230. The molecule has 0 spiro atoms. The third-order valence-corrected chi connectivity index (χ3v) is 3.51. The van der Waals surface area contributed by atoms with E-state index in [2.05, 4.69) is 26.1 Å². The van der Waals surface area contributed by atoms with Gasteiger partial charge in [-0.2, -0.15) is 0 Å². The number of rotatable bonds is 6. The highest BCUT2D eigenvalue weighted by atomic mass is 19.1. The van der Waals surface area contributed by atoms with Gasteiger partial charge in [0.05, 0.1) is 0 Å². The minimum absolute atomic E-state index is 0.0670. The highest BCUT2D eigenvalue weighted by molar-refractivity contribution is 5.76. The van der Waals surface area contributed by atoms with E-state index in [1.165, 1.54) is 12.1 Å². The van der Waals surface area contributed by atoms with Crippen molar-refractivity contribution in [2.45, 2.75) is 46.6 Å². The molecule has 0 unspecified atom stereocenters. The zero-order chi connectivity index (χ0) is 14.4. The van der Waals surface area contributed by atoms with Crippen molar-refractivity contribution in [1.82, 2.24) is 5.32 Å². The van der Waals surface area contributed by atoms with Crippen molar-refractivity contribution in [1.29, 1.82) is 0 Å². The maximum Gasteiger partial charge on any atom is 0.220 e. The van der Waals surface area contributed by atoms with Gasteiger partial charge in [-0.05, 0) is 42.9 Å². The zero-order valence-electron chi connectivity index (χ0n) is 12.2. The van der Waals surface area contributed by atoms with Gasteiger partial charge in [0.25, 0.3) is 0 Å². The summed E-state index contributed by atoms with van der Waals surface area (Å²) in [5, 5.41) is 3.00. The second-order valence-electron chi connectivity index (χ2n) is 5.72. The van der Waals surface area contributed by atoms with E-state index in [0.29, 0.717) is 18.3 Å². The molecule has 2 atom stereocenters. The zero-order valence-corrected chi connectivity index (χ0v) is 12.2. The van der Waals surface area contributed by atoms with E-state index in [9.17, 15) is 9.18 Å². The summed E-state index contributed by atoms with van der Waals surface area (Å²) in [6.45, 7) is 8.32. The fourth-order valence-electron chi connectivity index (χ4n) is 1.89. The van der Waals surface area contributed by atoms with Gasteiger partial charge in [-0.25, -0.2) is 4.39 Å². The van der Waals surface area contributed by atoms with E-state index in [0.717, 1.165) is 12.0 Å². The van der Waals surface area contributed by atoms with Crippen molar-refractivity contribution in [3.63, 3.8) is 0 Å². The average Bonchev–Trinajstić information content (AvgIpc) is 2.31. The first-order valence-electron chi connectivity index (χ1n) is 6.92. The van der Waals surface area contributed by atoms with E-state index >= 15 is 0 Å². The van der Waals surface area contributed by atoms with Gasteiger partial charge in [0.1, 0.15) is 5.82 Å². The number of carbonyl (C=O) groups is 1. The van der Waals surface area contributed by atoms with Crippen molar-refractivity contribution in [3.05, 3.63) is 35.6 Å². The summed E-state index contributed by atoms with van der Waals surface area (Å²) in [5.41, 5.74) is 1.03. The third kappa shape index (κ3) is 5.86. The maximum atomic E-state index is 12.8. The van der Waals surface area contributed by atoms with E-state index in [1.807, 2.05) is 6.92 Å². The molecule has 0 bridgehead atoms. The maximum absolute atomic E-state index is 12.8. The molecule has 1 rings (SSSR count). The van der Waals surface area contributed by atoms with Crippen molar-refractivity contribution < 1.29 is 9.18 Å². The number of halogens is 1. The highest BCUT2D eigenvalue weighted by Gasteiger charge is 2.14. The molecule has 106 valence electrons. The lowest BCUT2D eigenvalue weighted by atomic mass is 9.94.